The molecule has 2 aromatic carbocycles. The van der Waals surface area contributed by atoms with E-state index in [9.17, 15) is 9.18 Å². The first-order chi connectivity index (χ1) is 17.5. The van der Waals surface area contributed by atoms with Crippen molar-refractivity contribution >= 4 is 5.91 Å². The number of carbonyl (C=O) groups is 1. The first-order valence-corrected chi connectivity index (χ1v) is 13.4. The highest BCUT2D eigenvalue weighted by atomic mass is 19.1. The lowest BCUT2D eigenvalue weighted by Gasteiger charge is -2.42. The van der Waals surface area contributed by atoms with E-state index in [0.717, 1.165) is 51.9 Å². The summed E-state index contributed by atoms with van der Waals surface area (Å²) in [5.74, 6) is 0.570. The van der Waals surface area contributed by atoms with Crippen LogP contribution >= 0.6 is 0 Å². The highest BCUT2D eigenvalue weighted by Crippen LogP contribution is 2.35. The number of piperazine rings is 1. The van der Waals surface area contributed by atoms with Gasteiger partial charge in [-0.15, -0.1) is 0 Å². The highest BCUT2D eigenvalue weighted by molar-refractivity contribution is 5.78. The van der Waals surface area contributed by atoms with E-state index in [2.05, 4.69) is 40.1 Å². The number of likely N-dealkylation sites (tertiary alicyclic amines) is 1. The molecule has 7 heteroatoms. The van der Waals surface area contributed by atoms with E-state index >= 15 is 0 Å². The average molecular weight is 497 g/mol. The molecule has 2 aliphatic heterocycles. The molecule has 2 fully saturated rings. The molecule has 6 nitrogen and oxygen atoms in total. The summed E-state index contributed by atoms with van der Waals surface area (Å²) in [5.41, 5.74) is 8.38. The standard InChI is InChI=1S/C29H41FN4O2/c1-2-36-27-10-6-9-26(30)25(27)21-33-17-19-34(20-18-33)28(35)22-32-15-13-29(23-31,14-16-32)12-11-24-7-4-3-5-8-24/h3-10H,2,11-23,31H2,1H3. The average Bonchev–Trinajstić information content (AvgIpc) is 2.91. The molecule has 0 spiro atoms. The molecule has 0 atom stereocenters. The van der Waals surface area contributed by atoms with E-state index in [1.165, 1.54) is 11.6 Å². The van der Waals surface area contributed by atoms with E-state index in [1.807, 2.05) is 17.9 Å². The summed E-state index contributed by atoms with van der Waals surface area (Å²) in [7, 11) is 0. The maximum absolute atomic E-state index is 14.4. The lowest BCUT2D eigenvalue weighted by Crippen LogP contribution is -2.52. The second kappa shape index (κ2) is 12.7. The second-order valence-corrected chi connectivity index (χ2v) is 10.3. The van der Waals surface area contributed by atoms with Crippen LogP contribution in [0.15, 0.2) is 48.5 Å². The Morgan fingerprint density at radius 1 is 0.972 bits per heavy atom. The van der Waals surface area contributed by atoms with Crippen molar-refractivity contribution in [1.82, 2.24) is 14.7 Å². The molecule has 0 radical (unpaired) electrons. The van der Waals surface area contributed by atoms with Gasteiger partial charge in [-0.3, -0.25) is 14.6 Å². The van der Waals surface area contributed by atoms with Gasteiger partial charge in [0.25, 0.3) is 0 Å². The fraction of sp³-hybridized carbons (Fsp3) is 0.552. The van der Waals surface area contributed by atoms with Crippen LogP contribution in [0.1, 0.15) is 37.3 Å². The van der Waals surface area contributed by atoms with Gasteiger partial charge in [0.05, 0.1) is 13.2 Å². The van der Waals surface area contributed by atoms with Crippen LogP contribution in [0.2, 0.25) is 0 Å². The lowest BCUT2D eigenvalue weighted by molar-refractivity contribution is -0.134. The summed E-state index contributed by atoms with van der Waals surface area (Å²) >= 11 is 0. The van der Waals surface area contributed by atoms with Crippen molar-refractivity contribution < 1.29 is 13.9 Å². The maximum Gasteiger partial charge on any atom is 0.236 e. The van der Waals surface area contributed by atoms with Gasteiger partial charge in [-0.2, -0.15) is 0 Å². The molecule has 0 unspecified atom stereocenters. The Morgan fingerprint density at radius 3 is 2.36 bits per heavy atom. The topological polar surface area (TPSA) is 62.0 Å². The van der Waals surface area contributed by atoms with Gasteiger partial charge in [-0.05, 0) is 75.4 Å². The van der Waals surface area contributed by atoms with Gasteiger partial charge in [0.1, 0.15) is 11.6 Å². The normalized spacial score (nSPS) is 18.8. The Bertz CT molecular complexity index is 970. The molecule has 0 bridgehead atoms. The molecular weight excluding hydrogens is 455 g/mol. The minimum atomic E-state index is -0.234. The van der Waals surface area contributed by atoms with Crippen molar-refractivity contribution in [2.75, 3.05) is 59.0 Å². The molecule has 36 heavy (non-hydrogen) atoms. The summed E-state index contributed by atoms with van der Waals surface area (Å²) in [6.45, 7) is 8.76. The number of hydrogen-bond acceptors (Lipinski definition) is 5. The smallest absolute Gasteiger partial charge is 0.236 e. The number of piperidine rings is 1. The number of carbonyl (C=O) groups excluding carboxylic acids is 1. The van der Waals surface area contributed by atoms with Crippen molar-refractivity contribution in [3.05, 3.63) is 65.5 Å². The zero-order valence-electron chi connectivity index (χ0n) is 21.6. The number of rotatable bonds is 10. The van der Waals surface area contributed by atoms with Crippen LogP contribution < -0.4 is 10.5 Å². The predicted octanol–water partition coefficient (Wildman–Crippen LogP) is 3.54. The van der Waals surface area contributed by atoms with Crippen LogP contribution in [0.3, 0.4) is 0 Å². The fourth-order valence-electron chi connectivity index (χ4n) is 5.45. The van der Waals surface area contributed by atoms with Crippen LogP contribution in [0.5, 0.6) is 5.75 Å². The van der Waals surface area contributed by atoms with E-state index in [0.29, 0.717) is 50.6 Å². The summed E-state index contributed by atoms with van der Waals surface area (Å²) in [4.78, 5) is 19.5. The van der Waals surface area contributed by atoms with Gasteiger partial charge < -0.3 is 15.4 Å². The molecule has 4 rings (SSSR count). The molecule has 0 saturated carbocycles. The van der Waals surface area contributed by atoms with Gasteiger partial charge in [0.15, 0.2) is 0 Å². The minimum absolute atomic E-state index is 0.175. The predicted molar refractivity (Wildman–Crippen MR) is 141 cm³/mol. The SMILES string of the molecule is CCOc1cccc(F)c1CN1CCN(C(=O)CN2CCC(CN)(CCc3ccccc3)CC2)CC1. The largest absolute Gasteiger partial charge is 0.493 e. The van der Waals surface area contributed by atoms with Crippen molar-refractivity contribution in [3.8, 4) is 5.75 Å². The van der Waals surface area contributed by atoms with Gasteiger partial charge in [0.2, 0.25) is 5.91 Å². The summed E-state index contributed by atoms with van der Waals surface area (Å²) < 4.78 is 20.0. The summed E-state index contributed by atoms with van der Waals surface area (Å²) in [6.07, 6.45) is 4.24. The van der Waals surface area contributed by atoms with Crippen molar-refractivity contribution in [3.63, 3.8) is 0 Å². The zero-order chi connectivity index (χ0) is 25.4. The van der Waals surface area contributed by atoms with Gasteiger partial charge in [-0.25, -0.2) is 4.39 Å². The van der Waals surface area contributed by atoms with Crippen molar-refractivity contribution in [2.24, 2.45) is 11.1 Å². The van der Waals surface area contributed by atoms with Crippen LogP contribution in [-0.4, -0.2) is 79.6 Å². The van der Waals surface area contributed by atoms with Gasteiger partial charge in [-0.1, -0.05) is 36.4 Å². The zero-order valence-corrected chi connectivity index (χ0v) is 21.6. The monoisotopic (exact) mass is 496 g/mol. The number of aryl methyl sites for hydroxylation is 1. The fourth-order valence-corrected chi connectivity index (χ4v) is 5.45. The maximum atomic E-state index is 14.4. The number of nitrogens with zero attached hydrogens (tertiary/aromatic N) is 3. The van der Waals surface area contributed by atoms with E-state index in [1.54, 1.807) is 6.07 Å². The third kappa shape index (κ3) is 6.84. The Balaban J connectivity index is 1.21. The summed E-state index contributed by atoms with van der Waals surface area (Å²) in [5, 5.41) is 0. The molecule has 2 N–H and O–H groups in total. The Morgan fingerprint density at radius 2 is 1.69 bits per heavy atom. The molecule has 2 aliphatic rings. The third-order valence-corrected chi connectivity index (χ3v) is 7.98. The molecule has 196 valence electrons. The molecule has 2 saturated heterocycles. The molecule has 0 aliphatic carbocycles. The number of halogens is 1. The molecule has 2 heterocycles. The molecule has 2 aromatic rings. The van der Waals surface area contributed by atoms with Crippen LogP contribution in [-0.2, 0) is 17.8 Å². The van der Waals surface area contributed by atoms with Gasteiger partial charge >= 0.3 is 0 Å². The van der Waals surface area contributed by atoms with Crippen molar-refractivity contribution in [2.45, 2.75) is 39.2 Å². The minimum Gasteiger partial charge on any atom is -0.493 e. The van der Waals surface area contributed by atoms with Crippen LogP contribution in [0.25, 0.3) is 0 Å². The Labute approximate surface area is 215 Å². The highest BCUT2D eigenvalue weighted by Gasteiger charge is 2.34. The Hall–Kier alpha value is -2.48. The number of benzene rings is 2. The number of hydrogen-bond donors (Lipinski definition) is 1. The molecular formula is C29H41FN4O2. The Kier molecular flexibility index (Phi) is 9.35. The molecule has 0 aromatic heterocycles. The number of amides is 1. The van der Waals surface area contributed by atoms with E-state index in [-0.39, 0.29) is 17.1 Å². The van der Waals surface area contributed by atoms with Crippen LogP contribution in [0, 0.1) is 11.2 Å². The summed E-state index contributed by atoms with van der Waals surface area (Å²) in [6, 6.07) is 15.6. The third-order valence-electron chi connectivity index (χ3n) is 7.98. The quantitative estimate of drug-likeness (QED) is 0.545. The van der Waals surface area contributed by atoms with Gasteiger partial charge in [0, 0.05) is 38.3 Å². The number of ether oxygens (including phenoxy) is 1. The number of nitrogens with two attached hydrogens (primary N) is 1. The second-order valence-electron chi connectivity index (χ2n) is 10.3. The first kappa shape index (κ1) is 26.6. The lowest BCUT2D eigenvalue weighted by atomic mass is 9.74. The van der Waals surface area contributed by atoms with Crippen molar-refractivity contribution in [1.29, 1.82) is 0 Å². The van der Waals surface area contributed by atoms with Crippen LogP contribution in [0.4, 0.5) is 4.39 Å². The van der Waals surface area contributed by atoms with E-state index < -0.39 is 0 Å². The first-order valence-electron chi connectivity index (χ1n) is 13.4. The molecule has 1 amide bonds. The van der Waals surface area contributed by atoms with E-state index in [4.69, 9.17) is 10.5 Å².